The van der Waals surface area contributed by atoms with Crippen molar-refractivity contribution in [1.29, 1.82) is 0 Å². The summed E-state index contributed by atoms with van der Waals surface area (Å²) in [6.07, 6.45) is 1.00. The Hall–Kier alpha value is -6.58. The number of pyridine rings is 3. The zero-order valence-electron chi connectivity index (χ0n) is 46.8. The summed E-state index contributed by atoms with van der Waals surface area (Å²) in [7, 11) is 0. The minimum absolute atomic E-state index is 0. The van der Waals surface area contributed by atoms with E-state index in [0.717, 1.165) is 61.5 Å². The Labute approximate surface area is 433 Å². The molecule has 0 bridgehead atoms. The molecule has 4 heteroatoms. The Balaban J connectivity index is 0.00000706. The SMILES string of the molecule is [2H]C([2H])([2H])c1cnc(-c2[c-]cc(C([2H])([2H])C([2H])([2H])c3cc(CC(C)(C)c4c[c-]c(-c5ccccn5)cc4)cc(CC(C)(C)c4c[c-]c(-c5ccccn5)cc4)c3)cc2)cc1-c1ccc2c(c1)-c1ccccc1C2(C)C.[Ir+3]. The smallest absolute Gasteiger partial charge is 0.305 e. The van der Waals surface area contributed by atoms with Crippen LogP contribution in [0.25, 0.3) is 56.0 Å². The van der Waals surface area contributed by atoms with E-state index in [9.17, 15) is 5.48 Å². The second-order valence-corrected chi connectivity index (χ2v) is 19.9. The fraction of sp³-hybridized carbons (Fsp3) is 0.215. The molecule has 0 unspecified atom stereocenters. The Bertz CT molecular complexity index is 3420. The quantitative estimate of drug-likeness (QED) is 0.108. The number of nitrogens with zero attached hydrogens (tertiary/aromatic N) is 3. The van der Waals surface area contributed by atoms with E-state index in [4.69, 9.17) is 4.11 Å². The summed E-state index contributed by atoms with van der Waals surface area (Å²) in [6.45, 7) is 10.6. The van der Waals surface area contributed by atoms with Crippen LogP contribution in [0, 0.1) is 25.1 Å². The van der Waals surface area contributed by atoms with E-state index in [1.165, 1.54) is 23.4 Å². The molecule has 3 heterocycles. The maximum atomic E-state index is 9.74. The molecular formula is C65H58IrN3. The van der Waals surface area contributed by atoms with Gasteiger partial charge in [0.15, 0.2) is 0 Å². The molecule has 0 saturated heterocycles. The first-order chi connectivity index (χ1) is 35.5. The van der Waals surface area contributed by atoms with Gasteiger partial charge in [0.2, 0.25) is 0 Å². The molecule has 1 aliphatic rings. The largest absolute Gasteiger partial charge is 3.00 e. The first kappa shape index (κ1) is 39.3. The van der Waals surface area contributed by atoms with Gasteiger partial charge in [0, 0.05) is 33.6 Å². The first-order valence-corrected chi connectivity index (χ1v) is 23.3. The zero-order valence-corrected chi connectivity index (χ0v) is 42.2. The van der Waals surface area contributed by atoms with Crippen molar-refractivity contribution < 1.29 is 29.7 Å². The number of hydrogen-bond acceptors (Lipinski definition) is 3. The van der Waals surface area contributed by atoms with E-state index >= 15 is 0 Å². The van der Waals surface area contributed by atoms with Gasteiger partial charge in [-0.05, 0) is 128 Å². The van der Waals surface area contributed by atoms with E-state index in [-0.39, 0.29) is 42.2 Å². The topological polar surface area (TPSA) is 38.7 Å². The van der Waals surface area contributed by atoms with Gasteiger partial charge < -0.3 is 15.0 Å². The van der Waals surface area contributed by atoms with E-state index in [2.05, 4.69) is 117 Å². The molecule has 0 atom stereocenters. The van der Waals surface area contributed by atoms with Gasteiger partial charge in [-0.1, -0.05) is 133 Å². The summed E-state index contributed by atoms with van der Waals surface area (Å²) in [4.78, 5) is 13.6. The predicted octanol–water partition coefficient (Wildman–Crippen LogP) is 15.4. The van der Waals surface area contributed by atoms with E-state index < -0.39 is 30.4 Å². The molecule has 342 valence electrons. The third kappa shape index (κ3) is 9.98. The molecule has 0 saturated carbocycles. The number of aromatic nitrogens is 3. The average Bonchev–Trinajstić information content (AvgIpc) is 3.63. The van der Waals surface area contributed by atoms with Crippen molar-refractivity contribution in [3.8, 4) is 56.0 Å². The molecule has 3 aromatic heterocycles. The van der Waals surface area contributed by atoms with Crippen LogP contribution in [-0.4, -0.2) is 15.0 Å². The molecule has 0 N–H and O–H groups in total. The van der Waals surface area contributed by atoms with Gasteiger partial charge >= 0.3 is 20.1 Å². The van der Waals surface area contributed by atoms with Crippen LogP contribution in [0.5, 0.6) is 0 Å². The zero-order chi connectivity index (χ0) is 53.1. The summed E-state index contributed by atoms with van der Waals surface area (Å²) in [5.41, 5.74) is 13.6. The number of fused-ring (bicyclic) bond motifs is 3. The van der Waals surface area contributed by atoms with Crippen LogP contribution in [0.1, 0.15) is 101 Å². The molecule has 0 spiro atoms. The Morgan fingerprint density at radius 1 is 0.507 bits per heavy atom. The van der Waals surface area contributed by atoms with Crippen LogP contribution < -0.4 is 0 Å². The van der Waals surface area contributed by atoms with Crippen molar-refractivity contribution in [1.82, 2.24) is 15.0 Å². The Morgan fingerprint density at radius 2 is 1.06 bits per heavy atom. The molecule has 0 amide bonds. The van der Waals surface area contributed by atoms with E-state index in [1.807, 2.05) is 91.0 Å². The Kier molecular flexibility index (Phi) is 11.1. The third-order valence-electron chi connectivity index (χ3n) is 13.7. The predicted molar refractivity (Wildman–Crippen MR) is 281 cm³/mol. The van der Waals surface area contributed by atoms with Gasteiger partial charge in [-0.2, -0.15) is 0 Å². The van der Waals surface area contributed by atoms with Crippen LogP contribution in [0.2, 0.25) is 0 Å². The summed E-state index contributed by atoms with van der Waals surface area (Å²) in [5, 5.41) is 0. The van der Waals surface area contributed by atoms with Crippen LogP contribution in [0.3, 0.4) is 0 Å². The van der Waals surface area contributed by atoms with Crippen molar-refractivity contribution >= 4 is 0 Å². The molecular weight excluding hydrogens is 1010 g/mol. The van der Waals surface area contributed by atoms with Gasteiger partial charge in [0.25, 0.3) is 0 Å². The minimum Gasteiger partial charge on any atom is -0.305 e. The van der Waals surface area contributed by atoms with Crippen molar-refractivity contribution in [2.24, 2.45) is 0 Å². The third-order valence-corrected chi connectivity index (χ3v) is 13.7. The van der Waals surface area contributed by atoms with Crippen molar-refractivity contribution in [3.63, 3.8) is 0 Å². The van der Waals surface area contributed by atoms with Gasteiger partial charge in [-0.3, -0.25) is 0 Å². The van der Waals surface area contributed by atoms with E-state index in [1.54, 1.807) is 30.6 Å². The Morgan fingerprint density at radius 3 is 1.62 bits per heavy atom. The molecule has 0 aliphatic heterocycles. The molecule has 1 aliphatic carbocycles. The van der Waals surface area contributed by atoms with Gasteiger partial charge in [0.1, 0.15) is 0 Å². The second kappa shape index (κ2) is 19.4. The number of rotatable bonds is 13. The van der Waals surface area contributed by atoms with Crippen LogP contribution in [-0.2, 0) is 61.9 Å². The fourth-order valence-electron chi connectivity index (χ4n) is 9.85. The summed E-state index contributed by atoms with van der Waals surface area (Å²) in [5.74, 6) is 0. The number of benzene rings is 6. The van der Waals surface area contributed by atoms with Crippen LogP contribution in [0.15, 0.2) is 176 Å². The number of aryl methyl sites for hydroxylation is 3. The summed E-state index contributed by atoms with van der Waals surface area (Å²) >= 11 is 0. The summed E-state index contributed by atoms with van der Waals surface area (Å²) < 4.78 is 64.0. The van der Waals surface area contributed by atoms with Gasteiger partial charge in [0.05, 0.1) is 0 Å². The molecule has 0 fully saturated rings. The van der Waals surface area contributed by atoms with Crippen molar-refractivity contribution in [2.75, 3.05) is 0 Å². The molecule has 3 nitrogen and oxygen atoms in total. The maximum Gasteiger partial charge on any atom is 3.00 e. The summed E-state index contributed by atoms with van der Waals surface area (Å²) in [6, 6.07) is 60.8. The average molecular weight is 1080 g/mol. The van der Waals surface area contributed by atoms with Crippen molar-refractivity contribution in [2.45, 2.75) is 90.2 Å². The van der Waals surface area contributed by atoms with Crippen molar-refractivity contribution in [3.05, 3.63) is 245 Å². The fourth-order valence-corrected chi connectivity index (χ4v) is 9.85. The molecule has 10 rings (SSSR count). The molecule has 9 aromatic rings. The minimum atomic E-state index is -2.52. The maximum absolute atomic E-state index is 9.74. The second-order valence-electron chi connectivity index (χ2n) is 19.9. The van der Waals surface area contributed by atoms with E-state index in [0.29, 0.717) is 29.7 Å². The van der Waals surface area contributed by atoms with Crippen LogP contribution >= 0.6 is 0 Å². The van der Waals surface area contributed by atoms with Gasteiger partial charge in [-0.25, -0.2) is 0 Å². The molecule has 0 radical (unpaired) electrons. The first-order valence-electron chi connectivity index (χ1n) is 26.8. The molecule has 6 aromatic carbocycles. The van der Waals surface area contributed by atoms with Gasteiger partial charge in [-0.15, -0.1) is 106 Å². The normalized spacial score (nSPS) is 14.9. The standard InChI is InChI=1S/C65H58N3.Ir/c1-44-43-68-62(40-56(44)52-28-33-59-57(39-52)55-14-8-9-15-58(55)65(59,6)7)51-22-20-45(21-23-51)18-19-46-36-47(41-63(2,3)53-29-24-49(25-30-53)60-16-10-12-34-66-60)38-48(37-46)42-64(4,5)54-31-26-50(27-32-54)61-17-11-13-35-67-61;/h8-17,20-22,24,26,28-40,43H,18-19,41-42H2,1-7H3;/q-3;+3/i1D3,18D2,19D2;. The molecule has 69 heavy (non-hydrogen) atoms. The monoisotopic (exact) mass is 1080 g/mol. The van der Waals surface area contributed by atoms with Crippen LogP contribution in [0.4, 0.5) is 0 Å². The number of hydrogen-bond donors (Lipinski definition) is 0.